The van der Waals surface area contributed by atoms with Crippen molar-refractivity contribution in [3.63, 3.8) is 0 Å². The second-order valence-corrected chi connectivity index (χ2v) is 4.78. The summed E-state index contributed by atoms with van der Waals surface area (Å²) in [5.41, 5.74) is 2.03. The van der Waals surface area contributed by atoms with Crippen LogP contribution in [0.3, 0.4) is 0 Å². The van der Waals surface area contributed by atoms with E-state index in [0.717, 1.165) is 11.1 Å². The summed E-state index contributed by atoms with van der Waals surface area (Å²) >= 11 is 0. The topological polar surface area (TPSA) is 36.1 Å². The van der Waals surface area contributed by atoms with Crippen LogP contribution in [0.4, 0.5) is 10.1 Å². The van der Waals surface area contributed by atoms with Crippen LogP contribution in [0.1, 0.15) is 17.3 Å². The van der Waals surface area contributed by atoms with E-state index in [9.17, 15) is 9.18 Å². The van der Waals surface area contributed by atoms with Crippen molar-refractivity contribution in [2.75, 3.05) is 11.4 Å². The number of carbonyl (C=O) groups is 1. The Bertz CT molecular complexity index is 780. The zero-order valence-electron chi connectivity index (χ0n) is 11.6. The van der Waals surface area contributed by atoms with Crippen LogP contribution < -0.4 is 4.90 Å². The minimum atomic E-state index is -0.321. The highest BCUT2D eigenvalue weighted by Crippen LogP contribution is 2.23. The third-order valence-electron chi connectivity index (χ3n) is 3.50. The zero-order valence-corrected chi connectivity index (χ0v) is 11.6. The van der Waals surface area contributed by atoms with Gasteiger partial charge in [0.25, 0.3) is 5.91 Å². The molecule has 0 aliphatic carbocycles. The molecule has 1 aromatic heterocycles. The molecule has 4 heteroatoms. The van der Waals surface area contributed by atoms with Gasteiger partial charge in [-0.3, -0.25) is 4.79 Å². The highest BCUT2D eigenvalue weighted by molar-refractivity contribution is 6.13. The molecule has 1 heterocycles. The first-order valence-electron chi connectivity index (χ1n) is 6.84. The predicted octanol–water partition coefficient (Wildman–Crippen LogP) is 3.97. The first-order chi connectivity index (χ1) is 10.2. The lowest BCUT2D eigenvalue weighted by Crippen LogP contribution is -2.30. The largest absolute Gasteiger partial charge is 0.360 e. The number of halogens is 1. The van der Waals surface area contributed by atoms with Gasteiger partial charge in [-0.2, -0.15) is 0 Å². The Kier molecular flexibility index (Phi) is 3.44. The lowest BCUT2D eigenvalue weighted by atomic mass is 10.1. The monoisotopic (exact) mass is 282 g/mol. The normalized spacial score (nSPS) is 10.8. The van der Waals surface area contributed by atoms with Crippen molar-refractivity contribution in [3.8, 4) is 0 Å². The molecule has 3 rings (SSSR count). The number of carbonyl (C=O) groups excluding carboxylic acids is 1. The number of anilines is 1. The summed E-state index contributed by atoms with van der Waals surface area (Å²) in [4.78, 5) is 17.4. The molecule has 0 bridgehead atoms. The molecule has 1 amide bonds. The van der Waals surface area contributed by atoms with Crippen molar-refractivity contribution in [3.05, 3.63) is 66.1 Å². The van der Waals surface area contributed by atoms with E-state index in [-0.39, 0.29) is 11.7 Å². The maximum atomic E-state index is 13.2. The minimum Gasteiger partial charge on any atom is -0.360 e. The first-order valence-corrected chi connectivity index (χ1v) is 6.84. The van der Waals surface area contributed by atoms with Crippen molar-refractivity contribution in [1.82, 2.24) is 4.98 Å². The Hall–Kier alpha value is -2.62. The molecule has 0 radical (unpaired) electrons. The number of nitrogens with one attached hydrogen (secondary N) is 1. The second-order valence-electron chi connectivity index (χ2n) is 4.78. The van der Waals surface area contributed by atoms with Gasteiger partial charge in [0.05, 0.1) is 5.56 Å². The fraction of sp³-hybridized carbons (Fsp3) is 0.118. The van der Waals surface area contributed by atoms with E-state index in [2.05, 4.69) is 4.98 Å². The second kappa shape index (κ2) is 5.40. The summed E-state index contributed by atoms with van der Waals surface area (Å²) in [5, 5.41) is 0.732. The van der Waals surface area contributed by atoms with Crippen LogP contribution in [-0.2, 0) is 0 Å². The lowest BCUT2D eigenvalue weighted by molar-refractivity contribution is 0.0990. The van der Waals surface area contributed by atoms with Crippen LogP contribution in [0.25, 0.3) is 10.9 Å². The smallest absolute Gasteiger partial charge is 0.260 e. The summed E-state index contributed by atoms with van der Waals surface area (Å²) < 4.78 is 13.2. The van der Waals surface area contributed by atoms with Gasteiger partial charge >= 0.3 is 0 Å². The molecule has 3 aromatic rings. The number of amides is 1. The standard InChI is InChI=1S/C17H15FN2O/c1-2-20(13-6-4-3-5-7-13)17(21)15-11-19-16-10-12(18)8-9-14(15)16/h3-11,19H,2H2,1H3. The summed E-state index contributed by atoms with van der Waals surface area (Å²) in [6.07, 6.45) is 1.64. The number of fused-ring (bicyclic) bond motifs is 1. The first kappa shape index (κ1) is 13.4. The minimum absolute atomic E-state index is 0.0958. The molecule has 0 fully saturated rings. The number of H-pyrrole nitrogens is 1. The van der Waals surface area contributed by atoms with Gasteiger partial charge in [0.1, 0.15) is 5.82 Å². The van der Waals surface area contributed by atoms with Crippen LogP contribution >= 0.6 is 0 Å². The van der Waals surface area contributed by atoms with Crippen LogP contribution in [-0.4, -0.2) is 17.4 Å². The number of hydrogen-bond acceptors (Lipinski definition) is 1. The molecule has 3 nitrogen and oxygen atoms in total. The van der Waals surface area contributed by atoms with Crippen molar-refractivity contribution in [2.45, 2.75) is 6.92 Å². The van der Waals surface area contributed by atoms with Crippen LogP contribution in [0.15, 0.2) is 54.7 Å². The molecule has 21 heavy (non-hydrogen) atoms. The summed E-state index contributed by atoms with van der Waals surface area (Å²) in [6.45, 7) is 2.50. The van der Waals surface area contributed by atoms with Gasteiger partial charge in [-0.25, -0.2) is 4.39 Å². The van der Waals surface area contributed by atoms with Crippen LogP contribution in [0.2, 0.25) is 0 Å². The Morgan fingerprint density at radius 3 is 2.67 bits per heavy atom. The molecule has 0 saturated carbocycles. The van der Waals surface area contributed by atoms with Crippen molar-refractivity contribution < 1.29 is 9.18 Å². The number of benzene rings is 2. The number of aromatic nitrogens is 1. The van der Waals surface area contributed by atoms with Gasteiger partial charge in [-0.1, -0.05) is 18.2 Å². The van der Waals surface area contributed by atoms with E-state index in [4.69, 9.17) is 0 Å². The Balaban J connectivity index is 2.03. The number of hydrogen-bond donors (Lipinski definition) is 1. The Morgan fingerprint density at radius 2 is 1.95 bits per heavy atom. The summed E-state index contributed by atoms with van der Waals surface area (Å²) in [5.74, 6) is -0.416. The van der Waals surface area contributed by atoms with E-state index >= 15 is 0 Å². The van der Waals surface area contributed by atoms with Gasteiger partial charge in [0, 0.05) is 29.3 Å². The average Bonchev–Trinajstić information content (AvgIpc) is 2.92. The van der Waals surface area contributed by atoms with Crippen molar-refractivity contribution >= 4 is 22.5 Å². The fourth-order valence-corrected chi connectivity index (χ4v) is 2.47. The van der Waals surface area contributed by atoms with E-state index in [0.29, 0.717) is 17.6 Å². The number of para-hydroxylation sites is 1. The lowest BCUT2D eigenvalue weighted by Gasteiger charge is -2.20. The Morgan fingerprint density at radius 1 is 1.19 bits per heavy atom. The molecule has 2 aromatic carbocycles. The van der Waals surface area contributed by atoms with Crippen molar-refractivity contribution in [1.29, 1.82) is 0 Å². The number of rotatable bonds is 3. The summed E-state index contributed by atoms with van der Waals surface area (Å²) in [7, 11) is 0. The van der Waals surface area contributed by atoms with Crippen LogP contribution in [0.5, 0.6) is 0 Å². The molecular formula is C17H15FN2O. The fourth-order valence-electron chi connectivity index (χ4n) is 2.47. The average molecular weight is 282 g/mol. The van der Waals surface area contributed by atoms with Crippen LogP contribution in [0, 0.1) is 5.82 Å². The molecular weight excluding hydrogens is 267 g/mol. The Labute approximate surface area is 122 Å². The molecule has 0 unspecified atom stereocenters. The highest BCUT2D eigenvalue weighted by Gasteiger charge is 2.19. The molecule has 0 aliphatic heterocycles. The SMILES string of the molecule is CCN(C(=O)c1c[nH]c2cc(F)ccc12)c1ccccc1. The van der Waals surface area contributed by atoms with Gasteiger partial charge < -0.3 is 9.88 Å². The zero-order chi connectivity index (χ0) is 14.8. The third kappa shape index (κ3) is 2.40. The number of aromatic amines is 1. The summed E-state index contributed by atoms with van der Waals surface area (Å²) in [6, 6.07) is 13.9. The molecule has 0 spiro atoms. The maximum absolute atomic E-state index is 13.2. The molecule has 0 aliphatic rings. The van der Waals surface area contributed by atoms with Gasteiger partial charge in [-0.15, -0.1) is 0 Å². The van der Waals surface area contributed by atoms with E-state index in [1.165, 1.54) is 12.1 Å². The quantitative estimate of drug-likeness (QED) is 0.775. The third-order valence-corrected chi connectivity index (χ3v) is 3.50. The predicted molar refractivity (Wildman–Crippen MR) is 82.0 cm³/mol. The molecule has 106 valence electrons. The van der Waals surface area contributed by atoms with E-state index in [1.807, 2.05) is 37.3 Å². The van der Waals surface area contributed by atoms with E-state index in [1.54, 1.807) is 17.2 Å². The van der Waals surface area contributed by atoms with E-state index < -0.39 is 0 Å². The van der Waals surface area contributed by atoms with Gasteiger partial charge in [-0.05, 0) is 37.3 Å². The molecule has 1 N–H and O–H groups in total. The molecule has 0 saturated heterocycles. The maximum Gasteiger partial charge on any atom is 0.260 e. The van der Waals surface area contributed by atoms with Crippen molar-refractivity contribution in [2.24, 2.45) is 0 Å². The van der Waals surface area contributed by atoms with Gasteiger partial charge in [0.15, 0.2) is 0 Å². The highest BCUT2D eigenvalue weighted by atomic mass is 19.1. The molecule has 0 atom stereocenters. The van der Waals surface area contributed by atoms with Gasteiger partial charge in [0.2, 0.25) is 0 Å². The number of nitrogens with zero attached hydrogens (tertiary/aromatic N) is 1.